The SMILES string of the molecule is CC(C)P(C[B-](CP(C(C)C)C(C)C)(c1ccccc1)c1ccccc1)C(C)C.[Li+]. The van der Waals surface area contributed by atoms with Crippen molar-refractivity contribution in [1.29, 1.82) is 0 Å². The second-order valence-corrected chi connectivity index (χ2v) is 16.8. The van der Waals surface area contributed by atoms with E-state index in [0.717, 1.165) is 22.6 Å². The van der Waals surface area contributed by atoms with Crippen LogP contribution in [0.3, 0.4) is 0 Å². The summed E-state index contributed by atoms with van der Waals surface area (Å²) in [5, 5.41) is 0. The molecular formula is C26H42BLiP2. The summed E-state index contributed by atoms with van der Waals surface area (Å²) < 4.78 is 0. The van der Waals surface area contributed by atoms with Gasteiger partial charge in [-0.05, 0) is 22.6 Å². The molecule has 0 radical (unpaired) electrons. The molecule has 30 heavy (non-hydrogen) atoms. The molecule has 0 heterocycles. The zero-order valence-electron chi connectivity index (χ0n) is 21.0. The summed E-state index contributed by atoms with van der Waals surface area (Å²) in [4.78, 5) is 0. The normalized spacial score (nSPS) is 12.5. The zero-order chi connectivity index (χ0) is 21.6. The molecule has 0 atom stereocenters. The minimum atomic E-state index is -0.778. The van der Waals surface area contributed by atoms with Gasteiger partial charge in [-0.15, -0.1) is 28.0 Å². The Morgan fingerprint density at radius 3 is 1.03 bits per heavy atom. The number of hydrogen-bond donors (Lipinski definition) is 0. The summed E-state index contributed by atoms with van der Waals surface area (Å²) in [7, 11) is -0.0897. The Morgan fingerprint density at radius 1 is 0.533 bits per heavy atom. The molecule has 0 nitrogen and oxygen atoms in total. The van der Waals surface area contributed by atoms with Gasteiger partial charge in [0.2, 0.25) is 0 Å². The summed E-state index contributed by atoms with van der Waals surface area (Å²) >= 11 is 0. The zero-order valence-corrected chi connectivity index (χ0v) is 22.8. The number of benzene rings is 2. The maximum Gasteiger partial charge on any atom is 1.00 e. The first-order chi connectivity index (χ1) is 13.7. The Kier molecular flexibility index (Phi) is 12.0. The molecule has 2 aromatic carbocycles. The van der Waals surface area contributed by atoms with Crippen LogP contribution in [0.1, 0.15) is 55.4 Å². The predicted octanol–water partition coefficient (Wildman–Crippen LogP) is 3.93. The quantitative estimate of drug-likeness (QED) is 0.393. The minimum absolute atomic E-state index is 0. The maximum absolute atomic E-state index is 2.45. The third kappa shape index (κ3) is 6.98. The largest absolute Gasteiger partial charge is 1.00 e. The van der Waals surface area contributed by atoms with Crippen molar-refractivity contribution in [3.63, 3.8) is 0 Å². The van der Waals surface area contributed by atoms with Crippen LogP contribution >= 0.6 is 15.8 Å². The average Bonchev–Trinajstić information content (AvgIpc) is 2.68. The molecule has 0 unspecified atom stereocenters. The summed E-state index contributed by atoms with van der Waals surface area (Å²) in [6.07, 6.45) is -0.778. The number of hydrogen-bond acceptors (Lipinski definition) is 0. The maximum atomic E-state index is 2.45. The molecule has 0 spiro atoms. The van der Waals surface area contributed by atoms with Crippen molar-refractivity contribution in [2.75, 3.05) is 12.1 Å². The van der Waals surface area contributed by atoms with Crippen molar-refractivity contribution >= 4 is 32.9 Å². The second-order valence-electron chi connectivity index (χ2n) is 9.84. The van der Waals surface area contributed by atoms with E-state index in [0.29, 0.717) is 0 Å². The molecule has 0 saturated carbocycles. The third-order valence-corrected chi connectivity index (χ3v) is 14.0. The Hall–Kier alpha value is -0.0377. The molecular weight excluding hydrogens is 392 g/mol. The van der Waals surface area contributed by atoms with E-state index in [2.05, 4.69) is 116 Å². The molecule has 0 amide bonds. The van der Waals surface area contributed by atoms with E-state index in [1.165, 1.54) is 12.1 Å². The smallest absolute Gasteiger partial charge is 0.204 e. The Balaban J connectivity index is 0.00000450. The van der Waals surface area contributed by atoms with Crippen LogP contribution in [-0.4, -0.2) is 40.9 Å². The predicted molar refractivity (Wildman–Crippen MR) is 142 cm³/mol. The fourth-order valence-corrected chi connectivity index (χ4v) is 11.9. The van der Waals surface area contributed by atoms with Crippen molar-refractivity contribution in [3.8, 4) is 0 Å². The van der Waals surface area contributed by atoms with Crippen LogP contribution in [0.2, 0.25) is 0 Å². The Labute approximate surface area is 202 Å². The molecule has 0 aliphatic carbocycles. The molecule has 2 aromatic rings. The van der Waals surface area contributed by atoms with E-state index in [1.807, 2.05) is 0 Å². The first kappa shape index (κ1) is 28.0. The molecule has 160 valence electrons. The van der Waals surface area contributed by atoms with E-state index in [4.69, 9.17) is 0 Å². The van der Waals surface area contributed by atoms with Gasteiger partial charge in [-0.25, -0.2) is 10.9 Å². The summed E-state index contributed by atoms with van der Waals surface area (Å²) in [5.74, 6) is 0. The first-order valence-electron chi connectivity index (χ1n) is 11.5. The van der Waals surface area contributed by atoms with Crippen molar-refractivity contribution in [1.82, 2.24) is 0 Å². The van der Waals surface area contributed by atoms with E-state index < -0.39 is 6.15 Å². The van der Waals surface area contributed by atoms with Crippen LogP contribution in [0.5, 0.6) is 0 Å². The molecule has 0 N–H and O–H groups in total. The van der Waals surface area contributed by atoms with Crippen molar-refractivity contribution in [2.24, 2.45) is 0 Å². The van der Waals surface area contributed by atoms with Gasteiger partial charge in [0.15, 0.2) is 0 Å². The molecule has 2 rings (SSSR count). The van der Waals surface area contributed by atoms with Crippen LogP contribution in [0.15, 0.2) is 60.7 Å². The van der Waals surface area contributed by atoms with Gasteiger partial charge in [-0.3, -0.25) is 0 Å². The number of rotatable bonds is 10. The van der Waals surface area contributed by atoms with Gasteiger partial charge in [0.1, 0.15) is 0 Å². The summed E-state index contributed by atoms with van der Waals surface area (Å²) in [6, 6.07) is 25.8. The molecule has 0 fully saturated rings. The van der Waals surface area contributed by atoms with Gasteiger partial charge in [-0.1, -0.05) is 116 Å². The Bertz CT molecular complexity index is 637. The van der Waals surface area contributed by atoms with Gasteiger partial charge in [0.05, 0.1) is 6.15 Å². The van der Waals surface area contributed by atoms with Gasteiger partial charge < -0.3 is 0 Å². The van der Waals surface area contributed by atoms with Gasteiger partial charge in [0, 0.05) is 0 Å². The van der Waals surface area contributed by atoms with Crippen LogP contribution in [-0.2, 0) is 0 Å². The average molecular weight is 434 g/mol. The third-order valence-electron chi connectivity index (χ3n) is 6.57. The monoisotopic (exact) mass is 434 g/mol. The van der Waals surface area contributed by atoms with E-state index in [1.54, 1.807) is 10.9 Å². The molecule has 0 aliphatic rings. The van der Waals surface area contributed by atoms with Crippen LogP contribution in [0.25, 0.3) is 0 Å². The Morgan fingerprint density at radius 2 is 0.800 bits per heavy atom. The minimum Gasteiger partial charge on any atom is -0.204 e. The van der Waals surface area contributed by atoms with Crippen LogP contribution in [0, 0.1) is 0 Å². The second kappa shape index (κ2) is 12.9. The molecule has 0 aliphatic heterocycles. The summed E-state index contributed by atoms with van der Waals surface area (Å²) in [6.45, 7) is 19.6. The van der Waals surface area contributed by atoms with Crippen molar-refractivity contribution in [2.45, 2.75) is 78.0 Å². The summed E-state index contributed by atoms with van der Waals surface area (Å²) in [5.41, 5.74) is 6.24. The van der Waals surface area contributed by atoms with E-state index in [9.17, 15) is 0 Å². The van der Waals surface area contributed by atoms with Gasteiger partial charge in [-0.2, -0.15) is 0 Å². The van der Waals surface area contributed by atoms with Crippen LogP contribution < -0.4 is 29.8 Å². The van der Waals surface area contributed by atoms with Gasteiger partial charge >= 0.3 is 18.9 Å². The van der Waals surface area contributed by atoms with Crippen LogP contribution in [0.4, 0.5) is 0 Å². The fourth-order valence-electron chi connectivity index (χ4n) is 5.07. The van der Waals surface area contributed by atoms with Crippen molar-refractivity contribution in [3.05, 3.63) is 60.7 Å². The molecule has 4 heteroatoms. The molecule has 0 bridgehead atoms. The van der Waals surface area contributed by atoms with E-state index >= 15 is 0 Å². The standard InChI is InChI=1S/C26H42BP2.Li/c1-21(2)28(22(3)4)19-27(25-15-11-9-12-16-25,26-17-13-10-14-18-26)20-29(23(5)6)24(7)8;/h9-18,21-24H,19-20H2,1-8H3;/q-1;+1. The molecule has 0 aromatic heterocycles. The van der Waals surface area contributed by atoms with E-state index in [-0.39, 0.29) is 34.7 Å². The topological polar surface area (TPSA) is 0 Å². The van der Waals surface area contributed by atoms with Crippen molar-refractivity contribution < 1.29 is 18.9 Å². The fraction of sp³-hybridized carbons (Fsp3) is 0.538. The first-order valence-corrected chi connectivity index (χ1v) is 14.8. The molecule has 0 saturated heterocycles. The van der Waals surface area contributed by atoms with Gasteiger partial charge in [0.25, 0.3) is 0 Å².